The van der Waals surface area contributed by atoms with Gasteiger partial charge >= 0.3 is 0 Å². The molecule has 0 fully saturated rings. The summed E-state index contributed by atoms with van der Waals surface area (Å²) in [4.78, 5) is 0. The van der Waals surface area contributed by atoms with Crippen LogP contribution in [-0.2, 0) is 0 Å². The summed E-state index contributed by atoms with van der Waals surface area (Å²) < 4.78 is 0. The predicted octanol–water partition coefficient (Wildman–Crippen LogP) is 10.4. The van der Waals surface area contributed by atoms with Crippen molar-refractivity contribution in [1.82, 2.24) is 0 Å². The molecule has 0 aliphatic heterocycles. The van der Waals surface area contributed by atoms with Crippen molar-refractivity contribution in [2.45, 2.75) is 133 Å². The maximum atomic E-state index is 10.5. The van der Waals surface area contributed by atoms with Crippen LogP contribution in [-0.4, -0.2) is 22.4 Å². The minimum Gasteiger partial charge on any atom is -0.376 e. The van der Waals surface area contributed by atoms with Gasteiger partial charge in [0.2, 0.25) is 0 Å². The highest BCUT2D eigenvalue weighted by Crippen LogP contribution is 2.43. The largest absolute Gasteiger partial charge is 0.376 e. The third kappa shape index (κ3) is 11.2. The molecule has 2 nitrogen and oxygen atoms in total. The van der Waals surface area contributed by atoms with Crippen LogP contribution in [0.4, 0.5) is 0 Å². The lowest BCUT2D eigenvalue weighted by molar-refractivity contribution is 0.258. The molecule has 0 amide bonds. The maximum absolute atomic E-state index is 10.5. The third-order valence-electron chi connectivity index (χ3n) is 9.28. The van der Waals surface area contributed by atoms with Crippen molar-refractivity contribution in [1.29, 1.82) is 0 Å². The standard InChI is InChI=1S/C40H58O2/c1-29(21-23-35-31(3)19-13-27-39(35,7)8)15-11-17-33(5)37(41)25-26-38(42)34(6)18-12-16-30(2)22-24-36-32(4)20-14-28-40(36,9)10/h11-12,15-18,21-22,37-38,41-42H,13-14,19-20,23-24,27-28H2,1-10H3. The van der Waals surface area contributed by atoms with Crippen LogP contribution in [0.1, 0.15) is 121 Å². The Morgan fingerprint density at radius 1 is 0.690 bits per heavy atom. The van der Waals surface area contributed by atoms with Gasteiger partial charge in [-0.3, -0.25) is 0 Å². The van der Waals surface area contributed by atoms with Crippen LogP contribution in [0.2, 0.25) is 0 Å². The van der Waals surface area contributed by atoms with Crippen molar-refractivity contribution in [3.63, 3.8) is 0 Å². The molecule has 230 valence electrons. The van der Waals surface area contributed by atoms with E-state index in [1.54, 1.807) is 22.3 Å². The second-order valence-electron chi connectivity index (χ2n) is 13.9. The number of allylic oxidation sites excluding steroid dienone is 14. The molecule has 42 heavy (non-hydrogen) atoms. The molecule has 0 spiro atoms. The first-order valence-electron chi connectivity index (χ1n) is 15.9. The molecule has 2 heteroatoms. The highest BCUT2D eigenvalue weighted by atomic mass is 16.3. The topological polar surface area (TPSA) is 40.5 Å². The van der Waals surface area contributed by atoms with E-state index in [4.69, 9.17) is 0 Å². The Hall–Kier alpha value is -2.60. The van der Waals surface area contributed by atoms with Gasteiger partial charge in [-0.2, -0.15) is 0 Å². The minimum atomic E-state index is -0.917. The summed E-state index contributed by atoms with van der Waals surface area (Å²) in [7, 11) is 0. The van der Waals surface area contributed by atoms with E-state index < -0.39 is 12.2 Å². The Morgan fingerprint density at radius 3 is 1.38 bits per heavy atom. The fourth-order valence-corrected chi connectivity index (χ4v) is 6.18. The summed E-state index contributed by atoms with van der Waals surface area (Å²) in [6.07, 6.45) is 24.2. The molecule has 2 atom stereocenters. The lowest BCUT2D eigenvalue weighted by Gasteiger charge is -2.34. The second-order valence-corrected chi connectivity index (χ2v) is 13.9. The number of hydrogen-bond acceptors (Lipinski definition) is 2. The van der Waals surface area contributed by atoms with Gasteiger partial charge in [0.15, 0.2) is 0 Å². The fraction of sp³-hybridized carbons (Fsp3) is 0.550. The zero-order chi connectivity index (χ0) is 31.5. The van der Waals surface area contributed by atoms with Crippen LogP contribution in [0.3, 0.4) is 0 Å². The van der Waals surface area contributed by atoms with Crippen molar-refractivity contribution in [2.75, 3.05) is 0 Å². The normalized spacial score (nSPS) is 22.1. The van der Waals surface area contributed by atoms with Crippen LogP contribution < -0.4 is 0 Å². The minimum absolute atomic E-state index is 0.287. The average Bonchev–Trinajstić information content (AvgIpc) is 2.90. The van der Waals surface area contributed by atoms with E-state index in [9.17, 15) is 10.2 Å². The molecule has 2 unspecified atom stereocenters. The van der Waals surface area contributed by atoms with Crippen molar-refractivity contribution in [2.24, 2.45) is 10.8 Å². The van der Waals surface area contributed by atoms with Gasteiger partial charge in [-0.25, -0.2) is 0 Å². The van der Waals surface area contributed by atoms with Gasteiger partial charge in [0.25, 0.3) is 0 Å². The summed E-state index contributed by atoms with van der Waals surface area (Å²) in [5.41, 5.74) is 10.8. The first-order valence-corrected chi connectivity index (χ1v) is 15.9. The third-order valence-corrected chi connectivity index (χ3v) is 9.28. The molecule has 0 bridgehead atoms. The van der Waals surface area contributed by atoms with E-state index in [2.05, 4.69) is 91.5 Å². The maximum Gasteiger partial charge on any atom is 0.136 e. The molecule has 0 aromatic rings. The molecular weight excluding hydrogens is 512 g/mol. The lowest BCUT2D eigenvalue weighted by atomic mass is 9.71. The van der Waals surface area contributed by atoms with Gasteiger partial charge in [0.1, 0.15) is 12.2 Å². The Morgan fingerprint density at radius 2 is 1.05 bits per heavy atom. The molecule has 2 aliphatic carbocycles. The molecular formula is C40H58O2. The van der Waals surface area contributed by atoms with Crippen LogP contribution >= 0.6 is 0 Å². The summed E-state index contributed by atoms with van der Waals surface area (Å²) >= 11 is 0. The zero-order valence-electron chi connectivity index (χ0n) is 28.3. The smallest absolute Gasteiger partial charge is 0.136 e. The Labute approximate surface area is 258 Å². The van der Waals surface area contributed by atoms with E-state index in [-0.39, 0.29) is 10.8 Å². The van der Waals surface area contributed by atoms with Crippen LogP contribution in [0.15, 0.2) is 93.2 Å². The average molecular weight is 571 g/mol. The Kier molecular flexibility index (Phi) is 13.8. The zero-order valence-corrected chi connectivity index (χ0v) is 28.3. The van der Waals surface area contributed by atoms with Gasteiger partial charge in [-0.15, -0.1) is 0 Å². The number of rotatable bonds is 10. The molecule has 0 aromatic heterocycles. The fourth-order valence-electron chi connectivity index (χ4n) is 6.18. The SMILES string of the molecule is CC(C=CC=C(C)C(O)C#CC(O)C(C)=CC=CC(C)=CCC1=C(C)CCCC1(C)C)=CCC1=C(C)CCCC1(C)C. The van der Waals surface area contributed by atoms with Gasteiger partial charge in [0, 0.05) is 0 Å². The van der Waals surface area contributed by atoms with Crippen molar-refractivity contribution in [3.05, 3.63) is 93.2 Å². The van der Waals surface area contributed by atoms with Crippen molar-refractivity contribution in [3.8, 4) is 11.8 Å². The molecule has 0 saturated heterocycles. The molecule has 0 radical (unpaired) electrons. The second kappa shape index (κ2) is 16.3. The molecule has 2 aliphatic rings. The number of aliphatic hydroxyl groups is 2. The van der Waals surface area contributed by atoms with E-state index in [1.807, 2.05) is 38.2 Å². The van der Waals surface area contributed by atoms with Gasteiger partial charge in [-0.1, -0.05) is 122 Å². The molecule has 2 rings (SSSR count). The first-order chi connectivity index (χ1) is 19.6. The first kappa shape index (κ1) is 35.6. The van der Waals surface area contributed by atoms with Gasteiger partial charge < -0.3 is 10.2 Å². The molecule has 0 heterocycles. The van der Waals surface area contributed by atoms with E-state index >= 15 is 0 Å². The predicted molar refractivity (Wildman–Crippen MR) is 183 cm³/mol. The highest BCUT2D eigenvalue weighted by molar-refractivity contribution is 5.33. The molecule has 2 N–H and O–H groups in total. The lowest BCUT2D eigenvalue weighted by Crippen LogP contribution is -2.20. The van der Waals surface area contributed by atoms with Crippen LogP contribution in [0.5, 0.6) is 0 Å². The number of hydrogen-bond donors (Lipinski definition) is 2. The van der Waals surface area contributed by atoms with E-state index in [1.165, 1.54) is 49.7 Å². The van der Waals surface area contributed by atoms with Crippen LogP contribution in [0.25, 0.3) is 0 Å². The summed E-state index contributed by atoms with van der Waals surface area (Å²) in [6, 6.07) is 0. The van der Waals surface area contributed by atoms with Crippen molar-refractivity contribution >= 4 is 0 Å². The monoisotopic (exact) mass is 570 g/mol. The van der Waals surface area contributed by atoms with Crippen molar-refractivity contribution < 1.29 is 10.2 Å². The molecule has 0 aromatic carbocycles. The van der Waals surface area contributed by atoms with Gasteiger partial charge in [-0.05, 0) is 115 Å². The Balaban J connectivity index is 1.92. The van der Waals surface area contributed by atoms with Crippen LogP contribution in [0, 0.1) is 22.7 Å². The summed E-state index contributed by atoms with van der Waals surface area (Å²) in [6.45, 7) is 22.0. The number of aliphatic hydroxyl groups excluding tert-OH is 2. The summed E-state index contributed by atoms with van der Waals surface area (Å²) in [5, 5.41) is 21.0. The van der Waals surface area contributed by atoms with E-state index in [0.29, 0.717) is 0 Å². The van der Waals surface area contributed by atoms with Gasteiger partial charge in [0.05, 0.1) is 0 Å². The molecule has 0 saturated carbocycles. The highest BCUT2D eigenvalue weighted by Gasteiger charge is 2.28. The quantitative estimate of drug-likeness (QED) is 0.156. The Bertz CT molecular complexity index is 1160. The summed E-state index contributed by atoms with van der Waals surface area (Å²) in [5.74, 6) is 5.60. The van der Waals surface area contributed by atoms with E-state index in [0.717, 1.165) is 24.0 Å².